The summed E-state index contributed by atoms with van der Waals surface area (Å²) in [5.41, 5.74) is 3.80. The fraction of sp³-hybridized carbons (Fsp3) is 0.348. The van der Waals surface area contributed by atoms with Crippen molar-refractivity contribution in [2.45, 2.75) is 52.4 Å². The number of allylic oxidation sites excluding steroid dienone is 1. The fourth-order valence-corrected chi connectivity index (χ4v) is 2.82. The normalized spacial score (nSPS) is 13.0. The highest BCUT2D eigenvalue weighted by molar-refractivity contribution is 5.68. The van der Waals surface area contributed by atoms with E-state index in [-0.39, 0.29) is 18.3 Å². The van der Waals surface area contributed by atoms with Crippen LogP contribution in [0.25, 0.3) is 0 Å². The number of carboxylic acid groups (broad SMARTS) is 1. The SMILES string of the molecule is CC.CCc1ccc(C(C=CCC(=O)O)C(C)c2ccccc2)cc1. The van der Waals surface area contributed by atoms with Gasteiger partial charge in [-0.1, -0.05) is 94.4 Å². The van der Waals surface area contributed by atoms with Crippen LogP contribution in [0.15, 0.2) is 66.7 Å². The van der Waals surface area contributed by atoms with E-state index in [1.165, 1.54) is 16.7 Å². The van der Waals surface area contributed by atoms with Crippen LogP contribution < -0.4 is 0 Å². The van der Waals surface area contributed by atoms with Crippen molar-refractivity contribution in [3.8, 4) is 0 Å². The molecule has 2 atom stereocenters. The van der Waals surface area contributed by atoms with Crippen molar-refractivity contribution in [3.63, 3.8) is 0 Å². The summed E-state index contributed by atoms with van der Waals surface area (Å²) in [6.07, 6.45) is 4.88. The molecule has 2 aromatic carbocycles. The third-order valence-corrected chi connectivity index (χ3v) is 4.27. The summed E-state index contributed by atoms with van der Waals surface area (Å²) >= 11 is 0. The average molecular weight is 338 g/mol. The lowest BCUT2D eigenvalue weighted by atomic mass is 9.82. The highest BCUT2D eigenvalue weighted by Gasteiger charge is 2.18. The van der Waals surface area contributed by atoms with Crippen LogP contribution in [0.4, 0.5) is 0 Å². The fourth-order valence-electron chi connectivity index (χ4n) is 2.82. The molecule has 0 radical (unpaired) electrons. The van der Waals surface area contributed by atoms with Crippen LogP contribution in [0.2, 0.25) is 0 Å². The quantitative estimate of drug-likeness (QED) is 0.611. The molecule has 0 saturated heterocycles. The number of benzene rings is 2. The number of carboxylic acids is 1. The maximum atomic E-state index is 10.8. The molecule has 2 heteroatoms. The molecule has 0 aliphatic rings. The summed E-state index contributed by atoms with van der Waals surface area (Å²) in [7, 11) is 0. The van der Waals surface area contributed by atoms with Gasteiger partial charge in [-0.2, -0.15) is 0 Å². The number of rotatable bonds is 7. The Labute approximate surface area is 152 Å². The molecule has 0 heterocycles. The Bertz CT molecular complexity index is 642. The van der Waals surface area contributed by atoms with E-state index in [0.29, 0.717) is 0 Å². The third kappa shape index (κ3) is 6.58. The zero-order valence-corrected chi connectivity index (χ0v) is 15.8. The van der Waals surface area contributed by atoms with Gasteiger partial charge in [0.15, 0.2) is 0 Å². The van der Waals surface area contributed by atoms with Crippen molar-refractivity contribution >= 4 is 5.97 Å². The molecule has 0 bridgehead atoms. The lowest BCUT2D eigenvalue weighted by Crippen LogP contribution is -2.07. The van der Waals surface area contributed by atoms with Crippen molar-refractivity contribution in [3.05, 3.63) is 83.4 Å². The van der Waals surface area contributed by atoms with E-state index in [1.54, 1.807) is 6.08 Å². The van der Waals surface area contributed by atoms with Gasteiger partial charge in [0.25, 0.3) is 0 Å². The maximum Gasteiger partial charge on any atom is 0.307 e. The Hall–Kier alpha value is -2.35. The van der Waals surface area contributed by atoms with Crippen LogP contribution in [0.1, 0.15) is 62.6 Å². The van der Waals surface area contributed by atoms with Gasteiger partial charge in [0, 0.05) is 5.92 Å². The molecule has 0 aliphatic carbocycles. The summed E-state index contributed by atoms with van der Waals surface area (Å²) in [5, 5.41) is 8.87. The number of aliphatic carboxylic acids is 1. The predicted molar refractivity (Wildman–Crippen MR) is 106 cm³/mol. The standard InChI is InChI=1S/C21H24O2.C2H6/c1-3-17-12-14-19(15-13-17)20(10-7-11-21(22)23)16(2)18-8-5-4-6-9-18;1-2/h4-10,12-16,20H,3,11H2,1-2H3,(H,22,23);1-2H3. The Kier molecular flexibility index (Phi) is 9.31. The molecule has 0 amide bonds. The molecule has 0 spiro atoms. The number of hydrogen-bond acceptors (Lipinski definition) is 1. The molecule has 2 aromatic rings. The van der Waals surface area contributed by atoms with Gasteiger partial charge in [0.2, 0.25) is 0 Å². The topological polar surface area (TPSA) is 37.3 Å². The number of hydrogen-bond donors (Lipinski definition) is 1. The second kappa shape index (κ2) is 11.2. The van der Waals surface area contributed by atoms with Gasteiger partial charge in [-0.25, -0.2) is 0 Å². The van der Waals surface area contributed by atoms with Crippen LogP contribution in [0.3, 0.4) is 0 Å². The molecule has 2 unspecified atom stereocenters. The molecule has 134 valence electrons. The monoisotopic (exact) mass is 338 g/mol. The summed E-state index contributed by atoms with van der Waals surface area (Å²) in [4.78, 5) is 10.8. The minimum absolute atomic E-state index is 0.0606. The smallest absolute Gasteiger partial charge is 0.307 e. The van der Waals surface area contributed by atoms with Crippen LogP contribution >= 0.6 is 0 Å². The van der Waals surface area contributed by atoms with Crippen LogP contribution in [-0.4, -0.2) is 11.1 Å². The summed E-state index contributed by atoms with van der Waals surface area (Å²) in [6.45, 7) is 8.34. The van der Waals surface area contributed by atoms with E-state index >= 15 is 0 Å². The first-order valence-electron chi connectivity index (χ1n) is 9.14. The van der Waals surface area contributed by atoms with E-state index in [4.69, 9.17) is 5.11 Å². The van der Waals surface area contributed by atoms with E-state index in [1.807, 2.05) is 38.1 Å². The zero-order chi connectivity index (χ0) is 18.7. The van der Waals surface area contributed by atoms with Crippen molar-refractivity contribution in [2.75, 3.05) is 0 Å². The molecule has 0 aromatic heterocycles. The second-order valence-electron chi connectivity index (χ2n) is 5.85. The number of carbonyl (C=O) groups is 1. The Balaban J connectivity index is 0.00000151. The van der Waals surface area contributed by atoms with Gasteiger partial charge >= 0.3 is 5.97 Å². The summed E-state index contributed by atoms with van der Waals surface area (Å²) in [5.74, 6) is -0.343. The molecule has 0 saturated carbocycles. The van der Waals surface area contributed by atoms with Crippen LogP contribution in [0, 0.1) is 0 Å². The summed E-state index contributed by atoms with van der Waals surface area (Å²) < 4.78 is 0. The highest BCUT2D eigenvalue weighted by Crippen LogP contribution is 2.34. The molecule has 0 aliphatic heterocycles. The van der Waals surface area contributed by atoms with E-state index in [9.17, 15) is 4.79 Å². The second-order valence-corrected chi connectivity index (χ2v) is 5.85. The van der Waals surface area contributed by atoms with E-state index < -0.39 is 5.97 Å². The van der Waals surface area contributed by atoms with Gasteiger partial charge in [-0.15, -0.1) is 0 Å². The van der Waals surface area contributed by atoms with Gasteiger partial charge in [0.1, 0.15) is 0 Å². The molecule has 2 nitrogen and oxygen atoms in total. The zero-order valence-electron chi connectivity index (χ0n) is 15.8. The van der Waals surface area contributed by atoms with Gasteiger partial charge in [-0.05, 0) is 29.0 Å². The van der Waals surface area contributed by atoms with Crippen molar-refractivity contribution in [2.24, 2.45) is 0 Å². The largest absolute Gasteiger partial charge is 0.481 e. The highest BCUT2D eigenvalue weighted by atomic mass is 16.4. The molecule has 25 heavy (non-hydrogen) atoms. The first kappa shape index (κ1) is 20.7. The Morgan fingerprint density at radius 3 is 2.12 bits per heavy atom. The molecule has 2 rings (SSSR count). The molecule has 1 N–H and O–H groups in total. The average Bonchev–Trinajstić information content (AvgIpc) is 2.67. The Morgan fingerprint density at radius 1 is 1.00 bits per heavy atom. The predicted octanol–water partition coefficient (Wildman–Crippen LogP) is 6.19. The van der Waals surface area contributed by atoms with Gasteiger partial charge in [-0.3, -0.25) is 4.79 Å². The molecule has 0 fully saturated rings. The van der Waals surface area contributed by atoms with Crippen molar-refractivity contribution < 1.29 is 9.90 Å². The first-order valence-corrected chi connectivity index (χ1v) is 9.14. The van der Waals surface area contributed by atoms with Crippen LogP contribution in [0.5, 0.6) is 0 Å². The van der Waals surface area contributed by atoms with Crippen LogP contribution in [-0.2, 0) is 11.2 Å². The Morgan fingerprint density at radius 2 is 1.60 bits per heavy atom. The van der Waals surface area contributed by atoms with E-state index in [0.717, 1.165) is 6.42 Å². The maximum absolute atomic E-state index is 10.8. The molecular weight excluding hydrogens is 308 g/mol. The van der Waals surface area contributed by atoms with Gasteiger partial charge < -0.3 is 5.11 Å². The lowest BCUT2D eigenvalue weighted by Gasteiger charge is -2.22. The minimum atomic E-state index is -0.798. The van der Waals surface area contributed by atoms with E-state index in [2.05, 4.69) is 50.2 Å². The van der Waals surface area contributed by atoms with Crippen molar-refractivity contribution in [1.29, 1.82) is 0 Å². The lowest BCUT2D eigenvalue weighted by molar-refractivity contribution is -0.136. The van der Waals surface area contributed by atoms with Gasteiger partial charge in [0.05, 0.1) is 6.42 Å². The first-order chi connectivity index (χ1) is 12.1. The molecular formula is C23H30O2. The van der Waals surface area contributed by atoms with Crippen molar-refractivity contribution in [1.82, 2.24) is 0 Å². The number of aryl methyl sites for hydroxylation is 1. The third-order valence-electron chi connectivity index (χ3n) is 4.27. The summed E-state index contributed by atoms with van der Waals surface area (Å²) in [6, 6.07) is 19.0. The minimum Gasteiger partial charge on any atom is -0.481 e.